The van der Waals surface area contributed by atoms with Gasteiger partial charge in [-0.3, -0.25) is 19.3 Å². The van der Waals surface area contributed by atoms with Crippen molar-refractivity contribution in [1.29, 1.82) is 0 Å². The van der Waals surface area contributed by atoms with Crippen LogP contribution in [0.1, 0.15) is 61.5 Å². The van der Waals surface area contributed by atoms with E-state index in [1.807, 2.05) is 18.3 Å². The van der Waals surface area contributed by atoms with Crippen LogP contribution in [-0.2, 0) is 27.4 Å². The van der Waals surface area contributed by atoms with Crippen LogP contribution >= 0.6 is 0 Å². The van der Waals surface area contributed by atoms with E-state index in [1.54, 1.807) is 26.8 Å². The van der Waals surface area contributed by atoms with Gasteiger partial charge in [0.2, 0.25) is 11.9 Å². The van der Waals surface area contributed by atoms with Gasteiger partial charge in [0.1, 0.15) is 23.5 Å². The molecule has 12 heteroatoms. The van der Waals surface area contributed by atoms with Gasteiger partial charge in [-0.2, -0.15) is 0 Å². The minimum atomic E-state index is -0.907. The van der Waals surface area contributed by atoms with Gasteiger partial charge in [-0.05, 0) is 82.1 Å². The molecule has 0 unspecified atom stereocenters. The third-order valence-electron chi connectivity index (χ3n) is 9.01. The lowest BCUT2D eigenvalue weighted by atomic mass is 10.1. The van der Waals surface area contributed by atoms with Crippen molar-refractivity contribution in [3.63, 3.8) is 0 Å². The van der Waals surface area contributed by atoms with E-state index in [2.05, 4.69) is 44.9 Å². The monoisotopic (exact) mass is 643 g/mol. The lowest BCUT2D eigenvalue weighted by molar-refractivity contribution is -0.155. The van der Waals surface area contributed by atoms with Crippen LogP contribution in [0.4, 0.5) is 5.95 Å². The lowest BCUT2D eigenvalue weighted by Gasteiger charge is -2.32. The summed E-state index contributed by atoms with van der Waals surface area (Å²) in [6, 6.07) is 10.9. The molecule has 3 aliphatic heterocycles. The molecule has 1 aromatic heterocycles. The minimum Gasteiger partial charge on any atom is -0.489 e. The zero-order valence-corrected chi connectivity index (χ0v) is 27.8. The number of esters is 1. The first kappa shape index (κ1) is 32.6. The number of primary amides is 1. The number of likely N-dealkylation sites (tertiary alicyclic amines) is 1. The first-order valence-corrected chi connectivity index (χ1v) is 16.4. The fourth-order valence-corrected chi connectivity index (χ4v) is 6.56. The van der Waals surface area contributed by atoms with E-state index in [0.717, 1.165) is 74.6 Å². The molecule has 4 heterocycles. The topological polar surface area (TPSA) is 134 Å². The number of ether oxygens (including phenoxy) is 2. The predicted molar refractivity (Wildman–Crippen MR) is 178 cm³/mol. The number of benzene rings is 2. The smallest absolute Gasteiger partial charge is 0.306 e. The Morgan fingerprint density at radius 2 is 1.85 bits per heavy atom. The van der Waals surface area contributed by atoms with Gasteiger partial charge in [0.25, 0.3) is 5.91 Å². The van der Waals surface area contributed by atoms with Gasteiger partial charge in [-0.1, -0.05) is 6.07 Å². The molecule has 2 amide bonds. The second-order valence-electron chi connectivity index (χ2n) is 13.9. The highest BCUT2D eigenvalue weighted by molar-refractivity contribution is 6.01. The Kier molecular flexibility index (Phi) is 9.34. The van der Waals surface area contributed by atoms with Crippen LogP contribution in [0.15, 0.2) is 42.6 Å². The van der Waals surface area contributed by atoms with E-state index in [0.29, 0.717) is 11.3 Å². The van der Waals surface area contributed by atoms with E-state index in [1.165, 1.54) is 10.5 Å². The number of nitrogens with two attached hydrogens (primary N) is 1. The Labute approximate surface area is 275 Å². The molecule has 2 saturated heterocycles. The highest BCUT2D eigenvalue weighted by Gasteiger charge is 2.36. The Morgan fingerprint density at radius 1 is 1.06 bits per heavy atom. The molecule has 0 saturated carbocycles. The number of nitrogens with zero attached hydrogens (tertiary/aromatic N) is 6. The first-order valence-electron chi connectivity index (χ1n) is 16.4. The maximum absolute atomic E-state index is 13.2. The molecule has 3 aliphatic rings. The van der Waals surface area contributed by atoms with Crippen molar-refractivity contribution in [2.75, 3.05) is 51.2 Å². The summed E-state index contributed by atoms with van der Waals surface area (Å²) in [6.45, 7) is 12.0. The van der Waals surface area contributed by atoms with E-state index in [9.17, 15) is 14.4 Å². The largest absolute Gasteiger partial charge is 0.489 e. The molecule has 2 fully saturated rings. The summed E-state index contributed by atoms with van der Waals surface area (Å²) < 4.78 is 11.7. The quantitative estimate of drug-likeness (QED) is 0.329. The number of carbonyl (C=O) groups excluding carboxylic acids is 3. The van der Waals surface area contributed by atoms with Gasteiger partial charge in [0.05, 0.1) is 5.52 Å². The summed E-state index contributed by atoms with van der Waals surface area (Å²) in [4.78, 5) is 55.7. The number of fused-ring (bicyclic) bond motifs is 2. The molecule has 6 rings (SSSR count). The molecule has 12 nitrogen and oxygen atoms in total. The van der Waals surface area contributed by atoms with Gasteiger partial charge < -0.3 is 29.9 Å². The highest BCUT2D eigenvalue weighted by atomic mass is 16.6. The Hall–Kier alpha value is -4.29. The van der Waals surface area contributed by atoms with Crippen molar-refractivity contribution < 1.29 is 23.9 Å². The summed E-state index contributed by atoms with van der Waals surface area (Å²) in [5, 5.41) is 1.04. The number of likely N-dealkylation sites (N-methyl/N-ethyl adjacent to an activating group) is 1. The highest BCUT2D eigenvalue weighted by Crippen LogP contribution is 2.31. The predicted octanol–water partition coefficient (Wildman–Crippen LogP) is 2.97. The van der Waals surface area contributed by atoms with Crippen LogP contribution in [0, 0.1) is 0 Å². The fraction of sp³-hybridized carbons (Fsp3) is 0.514. The molecule has 250 valence electrons. The molecule has 47 heavy (non-hydrogen) atoms. The normalized spacial score (nSPS) is 19.7. The molecule has 0 spiro atoms. The second kappa shape index (κ2) is 13.4. The van der Waals surface area contributed by atoms with Crippen LogP contribution in [0.2, 0.25) is 0 Å². The number of piperazine rings is 1. The average Bonchev–Trinajstić information content (AvgIpc) is 3.59. The summed E-state index contributed by atoms with van der Waals surface area (Å²) in [6.07, 6.45) is 2.93. The molecular weight excluding hydrogens is 598 g/mol. The summed E-state index contributed by atoms with van der Waals surface area (Å²) in [5.41, 5.74) is 8.51. The molecule has 3 aromatic rings. The van der Waals surface area contributed by atoms with Crippen molar-refractivity contribution in [2.45, 2.75) is 70.9 Å². The van der Waals surface area contributed by atoms with E-state index < -0.39 is 23.5 Å². The number of aromatic nitrogens is 2. The van der Waals surface area contributed by atoms with Crippen LogP contribution in [0.5, 0.6) is 5.75 Å². The van der Waals surface area contributed by atoms with Crippen LogP contribution in [-0.4, -0.2) is 107 Å². The van der Waals surface area contributed by atoms with E-state index >= 15 is 0 Å². The molecule has 0 bridgehead atoms. The summed E-state index contributed by atoms with van der Waals surface area (Å²) in [7, 11) is 2.14. The van der Waals surface area contributed by atoms with Crippen molar-refractivity contribution >= 4 is 34.6 Å². The lowest BCUT2D eigenvalue weighted by Crippen LogP contribution is -2.45. The molecule has 0 aliphatic carbocycles. The van der Waals surface area contributed by atoms with Gasteiger partial charge in [0.15, 0.2) is 0 Å². The Balaban J connectivity index is 1.03. The number of rotatable bonds is 10. The Morgan fingerprint density at radius 3 is 2.60 bits per heavy atom. The van der Waals surface area contributed by atoms with Crippen molar-refractivity contribution in [2.24, 2.45) is 5.73 Å². The van der Waals surface area contributed by atoms with Crippen molar-refractivity contribution in [1.82, 2.24) is 24.7 Å². The van der Waals surface area contributed by atoms with E-state index in [4.69, 9.17) is 20.2 Å². The standard InChI is InChI=1S/C35H45N7O5/c1-35(2,3)47-31(43)10-9-30(32(36)44)42-21-25-18-26(6-7-28(25)33(42)45)46-27-11-12-40(22-27)20-23-5-8-29-24(17-23)19-37-34(38-29)41-15-13-39(4)14-16-41/h5-8,17-19,27,30H,9-16,20-22H2,1-4H3,(H2,36,44)/t27-,30-/m0/s1. The second-order valence-corrected chi connectivity index (χ2v) is 13.9. The Bertz CT molecular complexity index is 1650. The molecule has 0 radical (unpaired) electrons. The number of carbonyl (C=O) groups is 3. The van der Waals surface area contributed by atoms with Gasteiger partial charge in [0, 0.05) is 75.9 Å². The SMILES string of the molecule is CN1CCN(c2ncc3cc(CN4CC[C@H](Oc5ccc6c(c5)CN([C@@H](CCC(=O)OC(C)(C)C)C(N)=O)C6=O)C4)ccc3n2)CC1. The first-order chi connectivity index (χ1) is 22.4. The zero-order valence-electron chi connectivity index (χ0n) is 27.8. The average molecular weight is 644 g/mol. The summed E-state index contributed by atoms with van der Waals surface area (Å²) >= 11 is 0. The van der Waals surface area contributed by atoms with Crippen molar-refractivity contribution in [3.05, 3.63) is 59.3 Å². The number of anilines is 1. The maximum Gasteiger partial charge on any atom is 0.306 e. The van der Waals surface area contributed by atoms with Crippen LogP contribution in [0.3, 0.4) is 0 Å². The van der Waals surface area contributed by atoms with Gasteiger partial charge >= 0.3 is 5.97 Å². The molecule has 2 N–H and O–H groups in total. The number of hydrogen-bond donors (Lipinski definition) is 1. The number of hydrogen-bond acceptors (Lipinski definition) is 10. The third-order valence-corrected chi connectivity index (χ3v) is 9.01. The van der Waals surface area contributed by atoms with Crippen LogP contribution < -0.4 is 15.4 Å². The maximum atomic E-state index is 13.2. The van der Waals surface area contributed by atoms with Crippen molar-refractivity contribution in [3.8, 4) is 5.75 Å². The third kappa shape index (κ3) is 7.82. The van der Waals surface area contributed by atoms with Gasteiger partial charge in [-0.15, -0.1) is 0 Å². The minimum absolute atomic E-state index is 0.0115. The number of amides is 2. The van der Waals surface area contributed by atoms with E-state index in [-0.39, 0.29) is 31.4 Å². The molecular formula is C35H45N7O5. The molecule has 2 atom stereocenters. The fourth-order valence-electron chi connectivity index (χ4n) is 6.56. The van der Waals surface area contributed by atoms with Crippen LogP contribution in [0.25, 0.3) is 10.9 Å². The van der Waals surface area contributed by atoms with Gasteiger partial charge in [-0.25, -0.2) is 9.97 Å². The summed E-state index contributed by atoms with van der Waals surface area (Å²) in [5.74, 6) is 0.134. The zero-order chi connectivity index (χ0) is 33.3. The molecule has 2 aromatic carbocycles.